The maximum atomic E-state index is 12.7. The highest BCUT2D eigenvalue weighted by molar-refractivity contribution is 5.81. The zero-order valence-corrected chi connectivity index (χ0v) is 9.00. The molecule has 0 N–H and O–H groups in total. The van der Waals surface area contributed by atoms with Gasteiger partial charge in [0.05, 0.1) is 5.56 Å². The number of halogens is 3. The lowest BCUT2D eigenvalue weighted by Crippen LogP contribution is -2.35. The second-order valence-corrected chi connectivity index (χ2v) is 3.90. The van der Waals surface area contributed by atoms with Gasteiger partial charge in [-0.1, -0.05) is 0 Å². The highest BCUT2D eigenvalue weighted by Gasteiger charge is 2.36. The monoisotopic (exact) mass is 244 g/mol. The standard InChI is InChI=1S/C11H11F3N2O/c12-11(13,14)9-2-1-5-15-10(9)16-6-3-8(17)4-7-16/h1-2,5H,3-4,6-7H2. The van der Waals surface area contributed by atoms with Crippen LogP contribution in [0.3, 0.4) is 0 Å². The van der Waals surface area contributed by atoms with Crippen LogP contribution in [0.1, 0.15) is 18.4 Å². The van der Waals surface area contributed by atoms with Gasteiger partial charge in [0.15, 0.2) is 0 Å². The molecule has 0 unspecified atom stereocenters. The Hall–Kier alpha value is -1.59. The van der Waals surface area contributed by atoms with Gasteiger partial charge in [-0.05, 0) is 12.1 Å². The van der Waals surface area contributed by atoms with E-state index >= 15 is 0 Å². The molecule has 1 aliphatic heterocycles. The molecule has 1 fully saturated rings. The summed E-state index contributed by atoms with van der Waals surface area (Å²) >= 11 is 0. The van der Waals surface area contributed by atoms with Crippen molar-refractivity contribution in [1.29, 1.82) is 0 Å². The SMILES string of the molecule is O=C1CCN(c2ncccc2C(F)(F)F)CC1. The number of rotatable bonds is 1. The Morgan fingerprint density at radius 3 is 2.47 bits per heavy atom. The lowest BCUT2D eigenvalue weighted by Gasteiger charge is -2.29. The lowest BCUT2D eigenvalue weighted by atomic mass is 10.1. The van der Waals surface area contributed by atoms with E-state index in [2.05, 4.69) is 4.98 Å². The molecule has 0 amide bonds. The van der Waals surface area contributed by atoms with Crippen LogP contribution in [-0.4, -0.2) is 23.9 Å². The fourth-order valence-corrected chi connectivity index (χ4v) is 1.84. The van der Waals surface area contributed by atoms with Gasteiger partial charge in [0.1, 0.15) is 11.6 Å². The van der Waals surface area contributed by atoms with Gasteiger partial charge in [-0.25, -0.2) is 4.98 Å². The zero-order chi connectivity index (χ0) is 12.5. The number of pyridine rings is 1. The van der Waals surface area contributed by atoms with Crippen LogP contribution in [0.15, 0.2) is 18.3 Å². The van der Waals surface area contributed by atoms with Crippen molar-refractivity contribution in [2.45, 2.75) is 19.0 Å². The van der Waals surface area contributed by atoms with E-state index in [0.717, 1.165) is 6.07 Å². The van der Waals surface area contributed by atoms with Crippen molar-refractivity contribution >= 4 is 11.6 Å². The summed E-state index contributed by atoms with van der Waals surface area (Å²) in [5, 5.41) is 0. The molecular formula is C11H11F3N2O. The Morgan fingerprint density at radius 2 is 1.88 bits per heavy atom. The molecule has 0 spiro atoms. The van der Waals surface area contributed by atoms with Crippen LogP contribution in [0, 0.1) is 0 Å². The van der Waals surface area contributed by atoms with Crippen LogP contribution < -0.4 is 4.90 Å². The summed E-state index contributed by atoms with van der Waals surface area (Å²) in [5.41, 5.74) is -0.741. The Balaban J connectivity index is 2.29. The number of anilines is 1. The average Bonchev–Trinajstić information content (AvgIpc) is 2.29. The minimum atomic E-state index is -4.41. The van der Waals surface area contributed by atoms with Gasteiger partial charge in [0.25, 0.3) is 0 Å². The first kappa shape index (κ1) is 11.9. The summed E-state index contributed by atoms with van der Waals surface area (Å²) in [7, 11) is 0. The molecule has 1 aliphatic rings. The third-order valence-corrected chi connectivity index (χ3v) is 2.71. The number of hydrogen-bond acceptors (Lipinski definition) is 3. The number of piperidine rings is 1. The first-order valence-corrected chi connectivity index (χ1v) is 5.27. The van der Waals surface area contributed by atoms with E-state index in [9.17, 15) is 18.0 Å². The predicted octanol–water partition coefficient (Wildman–Crippen LogP) is 2.27. The molecule has 17 heavy (non-hydrogen) atoms. The first-order valence-electron chi connectivity index (χ1n) is 5.27. The van der Waals surface area contributed by atoms with E-state index in [1.165, 1.54) is 17.2 Å². The largest absolute Gasteiger partial charge is 0.419 e. The number of carbonyl (C=O) groups excluding carboxylic acids is 1. The minimum absolute atomic E-state index is 0.0764. The number of carbonyl (C=O) groups is 1. The molecule has 2 heterocycles. The molecule has 1 saturated heterocycles. The van der Waals surface area contributed by atoms with E-state index < -0.39 is 11.7 Å². The number of aromatic nitrogens is 1. The second kappa shape index (κ2) is 4.35. The van der Waals surface area contributed by atoms with E-state index in [0.29, 0.717) is 13.1 Å². The van der Waals surface area contributed by atoms with Gasteiger partial charge in [0, 0.05) is 32.1 Å². The Kier molecular flexibility index (Phi) is 3.04. The predicted molar refractivity (Wildman–Crippen MR) is 55.7 cm³/mol. The molecule has 0 bridgehead atoms. The maximum absolute atomic E-state index is 12.7. The van der Waals surface area contributed by atoms with Gasteiger partial charge in [0.2, 0.25) is 0 Å². The Bertz CT molecular complexity index is 421. The molecule has 0 saturated carbocycles. The molecule has 6 heteroatoms. The summed E-state index contributed by atoms with van der Waals surface area (Å²) in [4.78, 5) is 16.4. The van der Waals surface area contributed by atoms with Gasteiger partial charge < -0.3 is 4.90 Å². The van der Waals surface area contributed by atoms with Gasteiger partial charge >= 0.3 is 6.18 Å². The normalized spacial score (nSPS) is 17.4. The third-order valence-electron chi connectivity index (χ3n) is 2.71. The van der Waals surface area contributed by atoms with Crippen molar-refractivity contribution in [3.05, 3.63) is 23.9 Å². The number of nitrogens with zero attached hydrogens (tertiary/aromatic N) is 2. The molecule has 0 aliphatic carbocycles. The van der Waals surface area contributed by atoms with Crippen molar-refractivity contribution in [1.82, 2.24) is 4.98 Å². The first-order chi connectivity index (χ1) is 7.98. The van der Waals surface area contributed by atoms with Crippen molar-refractivity contribution in [2.75, 3.05) is 18.0 Å². The molecule has 1 aromatic heterocycles. The van der Waals surface area contributed by atoms with Crippen molar-refractivity contribution in [3.8, 4) is 0 Å². The zero-order valence-electron chi connectivity index (χ0n) is 9.00. The minimum Gasteiger partial charge on any atom is -0.355 e. The average molecular weight is 244 g/mol. The van der Waals surface area contributed by atoms with Crippen LogP contribution in [0.2, 0.25) is 0 Å². The number of hydrogen-bond donors (Lipinski definition) is 0. The lowest BCUT2D eigenvalue weighted by molar-refractivity contribution is -0.137. The Labute approximate surface area is 96.3 Å². The Morgan fingerprint density at radius 1 is 1.24 bits per heavy atom. The summed E-state index contributed by atoms with van der Waals surface area (Å²) < 4.78 is 38.2. The molecular weight excluding hydrogens is 233 g/mol. The van der Waals surface area contributed by atoms with E-state index in [1.807, 2.05) is 0 Å². The molecule has 0 radical (unpaired) electrons. The van der Waals surface area contributed by atoms with Gasteiger partial charge in [-0.15, -0.1) is 0 Å². The van der Waals surface area contributed by atoms with Crippen LogP contribution in [0.25, 0.3) is 0 Å². The highest BCUT2D eigenvalue weighted by Crippen LogP contribution is 2.35. The molecule has 1 aromatic rings. The fraction of sp³-hybridized carbons (Fsp3) is 0.455. The molecule has 3 nitrogen and oxygen atoms in total. The van der Waals surface area contributed by atoms with E-state index in [1.54, 1.807) is 0 Å². The van der Waals surface area contributed by atoms with E-state index in [4.69, 9.17) is 0 Å². The second-order valence-electron chi connectivity index (χ2n) is 3.90. The summed E-state index contributed by atoms with van der Waals surface area (Å²) in [6, 6.07) is 2.28. The van der Waals surface area contributed by atoms with Gasteiger partial charge in [-0.2, -0.15) is 13.2 Å². The third kappa shape index (κ3) is 2.57. The molecule has 2 rings (SSSR count). The molecule has 0 atom stereocenters. The van der Waals surface area contributed by atoms with Crippen LogP contribution in [-0.2, 0) is 11.0 Å². The summed E-state index contributed by atoms with van der Waals surface area (Å²) in [6.45, 7) is 0.609. The number of Topliss-reactive ketones (excluding diaryl/α,β-unsaturated/α-hetero) is 1. The smallest absolute Gasteiger partial charge is 0.355 e. The number of alkyl halides is 3. The highest BCUT2D eigenvalue weighted by atomic mass is 19.4. The summed E-state index contributed by atoms with van der Waals surface area (Å²) in [6.07, 6.45) is -2.51. The van der Waals surface area contributed by atoms with Crippen molar-refractivity contribution in [2.24, 2.45) is 0 Å². The fourth-order valence-electron chi connectivity index (χ4n) is 1.84. The maximum Gasteiger partial charge on any atom is 0.419 e. The topological polar surface area (TPSA) is 33.2 Å². The van der Waals surface area contributed by atoms with Gasteiger partial charge in [-0.3, -0.25) is 4.79 Å². The number of ketones is 1. The van der Waals surface area contributed by atoms with Crippen LogP contribution in [0.5, 0.6) is 0 Å². The molecule has 0 aromatic carbocycles. The van der Waals surface area contributed by atoms with Crippen LogP contribution in [0.4, 0.5) is 19.0 Å². The van der Waals surface area contributed by atoms with Crippen LogP contribution >= 0.6 is 0 Å². The molecule has 92 valence electrons. The van der Waals surface area contributed by atoms with Crippen molar-refractivity contribution < 1.29 is 18.0 Å². The van der Waals surface area contributed by atoms with E-state index in [-0.39, 0.29) is 24.4 Å². The van der Waals surface area contributed by atoms with Crippen molar-refractivity contribution in [3.63, 3.8) is 0 Å². The quantitative estimate of drug-likeness (QED) is 0.759. The summed E-state index contributed by atoms with van der Waals surface area (Å²) in [5.74, 6) is 0.0123.